The van der Waals surface area contributed by atoms with Crippen LogP contribution in [0.5, 0.6) is 0 Å². The zero-order valence-corrected chi connectivity index (χ0v) is 17.3. The van der Waals surface area contributed by atoms with E-state index in [0.717, 1.165) is 5.57 Å². The first-order valence-electron chi connectivity index (χ1n) is 10.5. The third kappa shape index (κ3) is 2.71. The SMILES string of the molecule is CC(=O)OCC(=O)C1=CC[C@H]2[C@@H]3CCC4=CC(=O)CC[C@]4(C)[C@@]3(F)[C@@H](O)C[C@]12C. The lowest BCUT2D eigenvalue weighted by atomic mass is 9.44. The van der Waals surface area contributed by atoms with Crippen LogP contribution >= 0.6 is 0 Å². The van der Waals surface area contributed by atoms with E-state index in [9.17, 15) is 19.5 Å². The fourth-order valence-corrected chi connectivity index (χ4v) is 6.82. The third-order valence-electron chi connectivity index (χ3n) is 8.33. The molecule has 0 aromatic rings. The molecule has 0 aromatic carbocycles. The van der Waals surface area contributed by atoms with Crippen molar-refractivity contribution in [3.63, 3.8) is 0 Å². The van der Waals surface area contributed by atoms with Gasteiger partial charge in [0.1, 0.15) is 5.67 Å². The number of allylic oxidation sites excluding steroid dienone is 3. The highest BCUT2D eigenvalue weighted by molar-refractivity contribution is 5.99. The summed E-state index contributed by atoms with van der Waals surface area (Å²) in [6, 6.07) is 0. The van der Waals surface area contributed by atoms with Gasteiger partial charge in [-0.3, -0.25) is 14.4 Å². The van der Waals surface area contributed by atoms with Crippen molar-refractivity contribution in [1.29, 1.82) is 0 Å². The maximum atomic E-state index is 16.9. The normalized spacial score (nSPS) is 43.5. The Hall–Kier alpha value is -1.82. The van der Waals surface area contributed by atoms with E-state index in [-0.39, 0.29) is 36.4 Å². The van der Waals surface area contributed by atoms with Crippen LogP contribution in [0, 0.1) is 22.7 Å². The number of carbonyl (C=O) groups is 3. The summed E-state index contributed by atoms with van der Waals surface area (Å²) in [5.74, 6) is -1.23. The molecule has 2 fully saturated rings. The molecule has 0 heterocycles. The second-order valence-electron chi connectivity index (χ2n) is 9.68. The van der Waals surface area contributed by atoms with Gasteiger partial charge in [-0.05, 0) is 44.1 Å². The molecule has 29 heavy (non-hydrogen) atoms. The maximum Gasteiger partial charge on any atom is 0.303 e. The average Bonchev–Trinajstić information content (AvgIpc) is 2.98. The van der Waals surface area contributed by atoms with Gasteiger partial charge in [0.25, 0.3) is 0 Å². The van der Waals surface area contributed by atoms with Crippen molar-refractivity contribution in [1.82, 2.24) is 0 Å². The number of alkyl halides is 1. The number of carbonyl (C=O) groups excluding carboxylic acids is 3. The Labute approximate surface area is 170 Å². The Balaban J connectivity index is 1.67. The lowest BCUT2D eigenvalue weighted by Crippen LogP contribution is -2.67. The van der Waals surface area contributed by atoms with E-state index >= 15 is 4.39 Å². The van der Waals surface area contributed by atoms with Crippen molar-refractivity contribution >= 4 is 17.5 Å². The minimum absolute atomic E-state index is 0.0375. The molecule has 0 saturated heterocycles. The number of ketones is 2. The molecule has 1 N–H and O–H groups in total. The van der Waals surface area contributed by atoms with Gasteiger partial charge >= 0.3 is 5.97 Å². The Morgan fingerprint density at radius 2 is 2.00 bits per heavy atom. The molecule has 158 valence electrons. The van der Waals surface area contributed by atoms with Gasteiger partial charge in [0.15, 0.2) is 18.2 Å². The van der Waals surface area contributed by atoms with Crippen molar-refractivity contribution in [3.8, 4) is 0 Å². The number of hydrogen-bond donors (Lipinski definition) is 1. The number of rotatable bonds is 3. The predicted molar refractivity (Wildman–Crippen MR) is 104 cm³/mol. The van der Waals surface area contributed by atoms with Crippen molar-refractivity contribution in [2.75, 3.05) is 6.61 Å². The minimum atomic E-state index is -1.82. The molecule has 4 aliphatic carbocycles. The molecule has 0 spiro atoms. The Kier molecular flexibility index (Phi) is 4.65. The minimum Gasteiger partial charge on any atom is -0.457 e. The number of ether oxygens (including phenoxy) is 1. The van der Waals surface area contributed by atoms with Crippen molar-refractivity contribution < 1.29 is 28.6 Å². The van der Waals surface area contributed by atoms with E-state index in [0.29, 0.717) is 37.7 Å². The van der Waals surface area contributed by atoms with E-state index in [1.54, 1.807) is 6.08 Å². The number of halogens is 1. The van der Waals surface area contributed by atoms with Gasteiger partial charge in [0.05, 0.1) is 6.10 Å². The van der Waals surface area contributed by atoms with Gasteiger partial charge in [-0.15, -0.1) is 0 Å². The van der Waals surface area contributed by atoms with Gasteiger partial charge in [0.2, 0.25) is 0 Å². The topological polar surface area (TPSA) is 80.7 Å². The van der Waals surface area contributed by atoms with Crippen LogP contribution in [0.15, 0.2) is 23.3 Å². The highest BCUT2D eigenvalue weighted by Gasteiger charge is 2.70. The average molecular weight is 404 g/mol. The van der Waals surface area contributed by atoms with E-state index < -0.39 is 28.6 Å². The molecule has 6 atom stereocenters. The van der Waals surface area contributed by atoms with Crippen LogP contribution in [0.2, 0.25) is 0 Å². The maximum absolute atomic E-state index is 16.9. The van der Waals surface area contributed by atoms with Crippen LogP contribution in [0.4, 0.5) is 4.39 Å². The number of aliphatic hydroxyl groups excluding tert-OH is 1. The molecule has 0 bridgehead atoms. The molecule has 4 rings (SSSR count). The largest absolute Gasteiger partial charge is 0.457 e. The summed E-state index contributed by atoms with van der Waals surface area (Å²) in [4.78, 5) is 35.7. The second-order valence-corrected chi connectivity index (χ2v) is 9.68. The summed E-state index contributed by atoms with van der Waals surface area (Å²) < 4.78 is 21.8. The molecule has 4 aliphatic rings. The lowest BCUT2D eigenvalue weighted by molar-refractivity contribution is -0.200. The number of aliphatic hydroxyl groups is 1. The molecule has 0 radical (unpaired) electrons. The number of hydrogen-bond acceptors (Lipinski definition) is 5. The van der Waals surface area contributed by atoms with Crippen LogP contribution in [-0.4, -0.2) is 41.0 Å². The molecular weight excluding hydrogens is 375 g/mol. The molecule has 0 amide bonds. The first kappa shape index (κ1) is 20.5. The molecule has 0 unspecified atom stereocenters. The van der Waals surface area contributed by atoms with E-state index in [4.69, 9.17) is 4.74 Å². The van der Waals surface area contributed by atoms with Crippen LogP contribution < -0.4 is 0 Å². The zero-order chi connectivity index (χ0) is 21.2. The lowest BCUT2D eigenvalue weighted by Gasteiger charge is -2.62. The molecule has 0 aliphatic heterocycles. The van der Waals surface area contributed by atoms with E-state index in [1.165, 1.54) is 6.92 Å². The predicted octanol–water partition coefficient (Wildman–Crippen LogP) is 3.25. The van der Waals surface area contributed by atoms with Crippen molar-refractivity contribution in [2.45, 2.75) is 71.1 Å². The van der Waals surface area contributed by atoms with Crippen LogP contribution in [-0.2, 0) is 19.1 Å². The molecule has 2 saturated carbocycles. The Morgan fingerprint density at radius 1 is 1.28 bits per heavy atom. The smallest absolute Gasteiger partial charge is 0.303 e. The second kappa shape index (κ2) is 6.59. The van der Waals surface area contributed by atoms with Gasteiger partial charge < -0.3 is 9.84 Å². The number of Topliss-reactive ketones (excluding diaryl/α,β-unsaturated/α-hetero) is 1. The monoisotopic (exact) mass is 404 g/mol. The molecular formula is C23H29FO5. The van der Waals surface area contributed by atoms with Gasteiger partial charge in [-0.2, -0.15) is 0 Å². The molecule has 6 heteroatoms. The van der Waals surface area contributed by atoms with Gasteiger partial charge in [-0.1, -0.05) is 25.5 Å². The summed E-state index contributed by atoms with van der Waals surface area (Å²) in [6.45, 7) is 4.73. The molecule has 0 aromatic heterocycles. The summed E-state index contributed by atoms with van der Waals surface area (Å²) in [6.07, 6.45) is 4.88. The fourth-order valence-electron chi connectivity index (χ4n) is 6.82. The summed E-state index contributed by atoms with van der Waals surface area (Å²) in [5, 5.41) is 11.2. The number of esters is 1. The third-order valence-corrected chi connectivity index (χ3v) is 8.33. The quantitative estimate of drug-likeness (QED) is 0.731. The summed E-state index contributed by atoms with van der Waals surface area (Å²) in [5.41, 5.74) is -1.93. The first-order valence-corrected chi connectivity index (χ1v) is 10.5. The fraction of sp³-hybridized carbons (Fsp3) is 0.696. The zero-order valence-electron chi connectivity index (χ0n) is 17.3. The first-order chi connectivity index (χ1) is 13.5. The van der Waals surface area contributed by atoms with Crippen LogP contribution in [0.3, 0.4) is 0 Å². The van der Waals surface area contributed by atoms with Gasteiger partial charge in [0, 0.05) is 35.7 Å². The summed E-state index contributed by atoms with van der Waals surface area (Å²) in [7, 11) is 0. The Bertz CT molecular complexity index is 844. The Morgan fingerprint density at radius 3 is 2.69 bits per heavy atom. The highest BCUT2D eigenvalue weighted by Crippen LogP contribution is 2.68. The van der Waals surface area contributed by atoms with E-state index in [1.807, 2.05) is 19.9 Å². The highest BCUT2D eigenvalue weighted by atomic mass is 19.1. The molecule has 5 nitrogen and oxygen atoms in total. The van der Waals surface area contributed by atoms with Crippen LogP contribution in [0.1, 0.15) is 59.3 Å². The van der Waals surface area contributed by atoms with E-state index in [2.05, 4.69) is 0 Å². The van der Waals surface area contributed by atoms with Gasteiger partial charge in [-0.25, -0.2) is 4.39 Å². The van der Waals surface area contributed by atoms with Crippen molar-refractivity contribution in [3.05, 3.63) is 23.3 Å². The number of fused-ring (bicyclic) bond motifs is 5. The van der Waals surface area contributed by atoms with Crippen LogP contribution in [0.25, 0.3) is 0 Å². The summed E-state index contributed by atoms with van der Waals surface area (Å²) >= 11 is 0. The van der Waals surface area contributed by atoms with Crippen molar-refractivity contribution in [2.24, 2.45) is 22.7 Å². The standard InChI is InChI=1S/C23H29FO5/c1-13(25)29-12-19(27)18-7-6-16-17-5-4-14-10-15(26)8-9-22(14,3)23(17,24)20(28)11-21(16,18)2/h7,10,16-17,20,28H,4-6,8-9,11-12H2,1-3H3/t16-,17-,20-,21-,22-,23-/m0/s1.